The van der Waals surface area contributed by atoms with Crippen LogP contribution in [0.25, 0.3) is 15.8 Å². The zero-order valence-electron chi connectivity index (χ0n) is 21.2. The number of hydrazine groups is 1. The number of hydrogen-bond donors (Lipinski definition) is 1. The van der Waals surface area contributed by atoms with Crippen molar-refractivity contribution < 1.29 is 14.4 Å². The molecule has 0 spiro atoms. The van der Waals surface area contributed by atoms with Gasteiger partial charge in [-0.3, -0.25) is 19.8 Å². The summed E-state index contributed by atoms with van der Waals surface area (Å²) in [6.07, 6.45) is 6.97. The van der Waals surface area contributed by atoms with Crippen molar-refractivity contribution in [2.24, 2.45) is 0 Å². The predicted molar refractivity (Wildman–Crippen MR) is 143 cm³/mol. The number of nitrogens with zero attached hydrogens (tertiary/aromatic N) is 5. The highest BCUT2D eigenvalue weighted by molar-refractivity contribution is 7.18. The van der Waals surface area contributed by atoms with Crippen molar-refractivity contribution in [2.75, 3.05) is 19.6 Å². The van der Waals surface area contributed by atoms with Crippen molar-refractivity contribution in [2.45, 2.75) is 52.1 Å². The molecule has 0 radical (unpaired) electrons. The first-order chi connectivity index (χ1) is 18.4. The molecule has 38 heavy (non-hydrogen) atoms. The van der Waals surface area contributed by atoms with E-state index in [4.69, 9.17) is 9.97 Å². The Morgan fingerprint density at radius 2 is 1.92 bits per heavy atom. The number of imide groups is 1. The molecule has 0 bridgehead atoms. The molecule has 3 aliphatic heterocycles. The monoisotopic (exact) mass is 528 g/mol. The van der Waals surface area contributed by atoms with E-state index in [1.807, 2.05) is 30.4 Å². The van der Waals surface area contributed by atoms with Crippen LogP contribution in [-0.4, -0.2) is 62.4 Å². The van der Waals surface area contributed by atoms with Crippen molar-refractivity contribution in [1.82, 2.24) is 30.2 Å². The van der Waals surface area contributed by atoms with Crippen molar-refractivity contribution in [3.63, 3.8) is 0 Å². The number of urea groups is 1. The van der Waals surface area contributed by atoms with Gasteiger partial charge in [-0.1, -0.05) is 18.2 Å². The normalized spacial score (nSPS) is 19.7. The van der Waals surface area contributed by atoms with E-state index in [-0.39, 0.29) is 24.8 Å². The standard InChI is InChI=1S/C28H28N6O3S/c1-16-29-25(24-21-3-2-4-22(21)38-26(24)30-16)18-7-10-32(11-8-18)14-17-5-6-20-19(13-17)15-34(27(20)36)33-12-9-23(35)31-28(33)37/h5-7,13H,2-4,8-12,14-15H2,1H3,(H,31,35,37). The highest BCUT2D eigenvalue weighted by Gasteiger charge is 2.37. The van der Waals surface area contributed by atoms with Crippen molar-refractivity contribution in [3.8, 4) is 0 Å². The first kappa shape index (κ1) is 23.5. The van der Waals surface area contributed by atoms with E-state index >= 15 is 0 Å². The maximum absolute atomic E-state index is 13.0. The molecule has 1 N–H and O–H groups in total. The molecule has 2 aromatic heterocycles. The maximum atomic E-state index is 13.0. The van der Waals surface area contributed by atoms with Crippen molar-refractivity contribution >= 4 is 45.0 Å². The minimum absolute atomic E-state index is 0.191. The summed E-state index contributed by atoms with van der Waals surface area (Å²) in [6, 6.07) is 5.40. The van der Waals surface area contributed by atoms with E-state index in [1.54, 1.807) is 0 Å². The van der Waals surface area contributed by atoms with Crippen molar-refractivity contribution in [3.05, 3.63) is 62.9 Å². The summed E-state index contributed by atoms with van der Waals surface area (Å²) in [5.74, 6) is 0.328. The Morgan fingerprint density at radius 1 is 1.03 bits per heavy atom. The summed E-state index contributed by atoms with van der Waals surface area (Å²) in [5, 5.41) is 6.36. The second kappa shape index (κ2) is 8.99. The molecule has 1 saturated heterocycles. The van der Waals surface area contributed by atoms with Gasteiger partial charge in [0.1, 0.15) is 10.7 Å². The number of aryl methyl sites for hydroxylation is 3. The molecular formula is C28H28N6O3S. The molecule has 1 aliphatic carbocycles. The smallest absolute Gasteiger partial charge is 0.295 e. The van der Waals surface area contributed by atoms with Gasteiger partial charge in [-0.05, 0) is 60.9 Å². The summed E-state index contributed by atoms with van der Waals surface area (Å²) in [5.41, 5.74) is 6.59. The third kappa shape index (κ3) is 3.90. The average Bonchev–Trinajstić information content (AvgIpc) is 3.57. The van der Waals surface area contributed by atoms with Crippen LogP contribution in [0.1, 0.15) is 62.7 Å². The number of aromatic nitrogens is 2. The molecule has 3 aromatic rings. The molecule has 4 aliphatic rings. The first-order valence-electron chi connectivity index (χ1n) is 13.2. The van der Waals surface area contributed by atoms with Crippen LogP contribution in [0.5, 0.6) is 0 Å². The molecule has 0 unspecified atom stereocenters. The van der Waals surface area contributed by atoms with E-state index in [0.717, 1.165) is 66.4 Å². The summed E-state index contributed by atoms with van der Waals surface area (Å²) in [7, 11) is 0. The Hall–Kier alpha value is -3.63. The molecule has 1 aromatic carbocycles. The lowest BCUT2D eigenvalue weighted by Crippen LogP contribution is -2.56. The number of thiophene rings is 1. The number of hydrogen-bond acceptors (Lipinski definition) is 7. The number of amides is 4. The molecule has 5 heterocycles. The summed E-state index contributed by atoms with van der Waals surface area (Å²) in [6.45, 7) is 5.10. The molecule has 4 amide bonds. The van der Waals surface area contributed by atoms with Gasteiger partial charge in [0.2, 0.25) is 5.91 Å². The maximum Gasteiger partial charge on any atom is 0.342 e. The van der Waals surface area contributed by atoms with Gasteiger partial charge in [0, 0.05) is 41.9 Å². The Bertz CT molecular complexity index is 1560. The summed E-state index contributed by atoms with van der Waals surface area (Å²) in [4.78, 5) is 51.4. The summed E-state index contributed by atoms with van der Waals surface area (Å²) < 4.78 is 0. The Morgan fingerprint density at radius 3 is 2.74 bits per heavy atom. The van der Waals surface area contributed by atoms with Gasteiger partial charge in [-0.2, -0.15) is 0 Å². The van der Waals surface area contributed by atoms with E-state index in [9.17, 15) is 14.4 Å². The third-order valence-electron chi connectivity index (χ3n) is 7.96. The van der Waals surface area contributed by atoms with Gasteiger partial charge in [-0.25, -0.2) is 24.8 Å². The largest absolute Gasteiger partial charge is 0.342 e. The van der Waals surface area contributed by atoms with Crippen LogP contribution in [0.4, 0.5) is 4.79 Å². The number of fused-ring (bicyclic) bond motifs is 4. The first-order valence-corrected chi connectivity index (χ1v) is 14.0. The highest BCUT2D eigenvalue weighted by atomic mass is 32.1. The lowest BCUT2D eigenvalue weighted by atomic mass is 9.99. The molecule has 0 atom stereocenters. The van der Waals surface area contributed by atoms with Crippen LogP contribution < -0.4 is 5.32 Å². The summed E-state index contributed by atoms with van der Waals surface area (Å²) >= 11 is 1.84. The Balaban J connectivity index is 1.07. The lowest BCUT2D eigenvalue weighted by Gasteiger charge is -2.33. The second-order valence-electron chi connectivity index (χ2n) is 10.5. The fourth-order valence-electron chi connectivity index (χ4n) is 6.10. The van der Waals surface area contributed by atoms with E-state index in [0.29, 0.717) is 12.1 Å². The zero-order chi connectivity index (χ0) is 26.0. The van der Waals surface area contributed by atoms with Crippen LogP contribution in [-0.2, 0) is 30.7 Å². The molecule has 10 heteroatoms. The van der Waals surface area contributed by atoms with E-state index in [2.05, 4.69) is 22.4 Å². The fraction of sp³-hybridized carbons (Fsp3) is 0.393. The van der Waals surface area contributed by atoms with Crippen LogP contribution in [0, 0.1) is 6.92 Å². The zero-order valence-corrected chi connectivity index (χ0v) is 22.1. The van der Waals surface area contributed by atoms with Gasteiger partial charge in [-0.15, -0.1) is 11.3 Å². The molecule has 0 saturated carbocycles. The van der Waals surface area contributed by atoms with Gasteiger partial charge in [0.05, 0.1) is 18.8 Å². The average molecular weight is 529 g/mol. The van der Waals surface area contributed by atoms with E-state index < -0.39 is 6.03 Å². The number of nitrogens with one attached hydrogen (secondary N) is 1. The Labute approximate surface area is 224 Å². The SMILES string of the molecule is Cc1nc(C2=CCN(Cc3ccc4c(c3)CN(N3CCC(=O)NC3=O)C4=O)CC2)c2c3c(sc2n1)CCC3. The number of carbonyl (C=O) groups excluding carboxylic acids is 3. The molecule has 1 fully saturated rings. The van der Waals surface area contributed by atoms with Gasteiger partial charge < -0.3 is 0 Å². The minimum atomic E-state index is -0.540. The quantitative estimate of drug-likeness (QED) is 0.556. The van der Waals surface area contributed by atoms with Crippen LogP contribution in [0.3, 0.4) is 0 Å². The minimum Gasteiger partial charge on any atom is -0.295 e. The topological polar surface area (TPSA) is 98.7 Å². The fourth-order valence-corrected chi connectivity index (χ4v) is 7.41. The third-order valence-corrected chi connectivity index (χ3v) is 9.14. The number of benzene rings is 1. The van der Waals surface area contributed by atoms with Gasteiger partial charge >= 0.3 is 6.03 Å². The number of rotatable bonds is 4. The lowest BCUT2D eigenvalue weighted by molar-refractivity contribution is -0.123. The van der Waals surface area contributed by atoms with Crippen molar-refractivity contribution in [1.29, 1.82) is 0 Å². The van der Waals surface area contributed by atoms with Gasteiger partial charge in [0.15, 0.2) is 0 Å². The molecule has 194 valence electrons. The second-order valence-corrected chi connectivity index (χ2v) is 11.5. The molecule has 9 nitrogen and oxygen atoms in total. The number of carbonyl (C=O) groups is 3. The molecule has 7 rings (SSSR count). The Kier molecular flexibility index (Phi) is 5.55. The molecular weight excluding hydrogens is 500 g/mol. The van der Waals surface area contributed by atoms with Crippen LogP contribution in [0.15, 0.2) is 24.3 Å². The highest BCUT2D eigenvalue weighted by Crippen LogP contribution is 2.40. The van der Waals surface area contributed by atoms with E-state index in [1.165, 1.54) is 37.8 Å². The predicted octanol–water partition coefficient (Wildman–Crippen LogP) is 3.59. The van der Waals surface area contributed by atoms with Crippen LogP contribution in [0.2, 0.25) is 0 Å². The van der Waals surface area contributed by atoms with Gasteiger partial charge in [0.25, 0.3) is 5.91 Å². The van der Waals surface area contributed by atoms with Crippen LogP contribution >= 0.6 is 11.3 Å².